The number of benzene rings is 2. The summed E-state index contributed by atoms with van der Waals surface area (Å²) < 4.78 is 6.53. The van der Waals surface area contributed by atoms with Crippen LogP contribution in [0, 0.1) is 6.92 Å². The van der Waals surface area contributed by atoms with E-state index in [1.165, 1.54) is 18.2 Å². The highest BCUT2D eigenvalue weighted by Gasteiger charge is 2.16. The molecule has 0 saturated carbocycles. The monoisotopic (exact) mass is 385 g/mol. The van der Waals surface area contributed by atoms with Crippen LogP contribution in [0.5, 0.6) is 5.75 Å². The van der Waals surface area contributed by atoms with Gasteiger partial charge < -0.3 is 15.2 Å². The molecule has 0 bridgehead atoms. The number of esters is 1. The van der Waals surface area contributed by atoms with Gasteiger partial charge in [0.15, 0.2) is 6.61 Å². The van der Waals surface area contributed by atoms with Gasteiger partial charge in [-0.2, -0.15) is 5.10 Å². The molecule has 0 saturated heterocycles. The molecule has 2 aromatic carbocycles. The van der Waals surface area contributed by atoms with Crippen molar-refractivity contribution in [2.75, 3.05) is 11.9 Å². The molecule has 2 N–H and O–H groups in total. The molecule has 138 valence electrons. The number of nitrogens with zero attached hydrogens (tertiary/aromatic N) is 2. The lowest BCUT2D eigenvalue weighted by atomic mass is 10.2. The summed E-state index contributed by atoms with van der Waals surface area (Å²) in [6.45, 7) is 1.28. The first-order chi connectivity index (χ1) is 12.9. The predicted octanol–water partition coefficient (Wildman–Crippen LogP) is 3.34. The average molecular weight is 386 g/mol. The fourth-order valence-corrected chi connectivity index (χ4v) is 2.59. The summed E-state index contributed by atoms with van der Waals surface area (Å²) in [7, 11) is 0. The van der Waals surface area contributed by atoms with Crippen molar-refractivity contribution in [1.82, 2.24) is 9.78 Å². The molecule has 1 aromatic heterocycles. The zero-order valence-corrected chi connectivity index (χ0v) is 15.1. The van der Waals surface area contributed by atoms with Crippen LogP contribution in [0.25, 0.3) is 5.69 Å². The number of aromatic hydroxyl groups is 1. The minimum atomic E-state index is -0.849. The van der Waals surface area contributed by atoms with Crippen molar-refractivity contribution >= 4 is 29.3 Å². The number of ether oxygens (including phenoxy) is 1. The number of aromatic nitrogens is 2. The molecular formula is C19H16ClN3O4. The highest BCUT2D eigenvalue weighted by atomic mass is 35.5. The Balaban J connectivity index is 1.67. The number of rotatable bonds is 5. The van der Waals surface area contributed by atoms with E-state index in [-0.39, 0.29) is 16.3 Å². The largest absolute Gasteiger partial charge is 0.507 e. The summed E-state index contributed by atoms with van der Waals surface area (Å²) in [5.41, 5.74) is 1.39. The fraction of sp³-hybridized carbons (Fsp3) is 0.105. The average Bonchev–Trinajstić information content (AvgIpc) is 3.02. The van der Waals surface area contributed by atoms with Gasteiger partial charge in [0, 0.05) is 11.1 Å². The molecule has 0 aliphatic carbocycles. The van der Waals surface area contributed by atoms with Gasteiger partial charge in [0.25, 0.3) is 5.91 Å². The smallest absolute Gasteiger partial charge is 0.342 e. The number of nitrogens with one attached hydrogen (secondary N) is 1. The third kappa shape index (κ3) is 4.45. The summed E-state index contributed by atoms with van der Waals surface area (Å²) in [5.74, 6) is -1.22. The van der Waals surface area contributed by atoms with E-state index < -0.39 is 18.5 Å². The van der Waals surface area contributed by atoms with Crippen molar-refractivity contribution < 1.29 is 19.4 Å². The second-order valence-electron chi connectivity index (χ2n) is 5.70. The zero-order valence-electron chi connectivity index (χ0n) is 14.3. The topological polar surface area (TPSA) is 93.5 Å². The van der Waals surface area contributed by atoms with Gasteiger partial charge in [0.1, 0.15) is 17.1 Å². The van der Waals surface area contributed by atoms with Crippen molar-refractivity contribution in [2.45, 2.75) is 6.92 Å². The molecule has 3 aromatic rings. The first kappa shape index (κ1) is 18.5. The number of hydrogen-bond acceptors (Lipinski definition) is 5. The third-order valence-electron chi connectivity index (χ3n) is 3.61. The minimum absolute atomic E-state index is 0.111. The molecule has 7 nitrogen and oxygen atoms in total. The number of carbonyl (C=O) groups excluding carboxylic acids is 2. The van der Waals surface area contributed by atoms with Crippen LogP contribution in [-0.4, -0.2) is 33.4 Å². The molecule has 0 atom stereocenters. The second kappa shape index (κ2) is 7.92. The normalized spacial score (nSPS) is 10.4. The number of aryl methyl sites for hydroxylation is 1. The first-order valence-corrected chi connectivity index (χ1v) is 8.39. The fourth-order valence-electron chi connectivity index (χ4n) is 2.41. The molecule has 0 spiro atoms. The maximum absolute atomic E-state index is 12.2. The highest BCUT2D eigenvalue weighted by molar-refractivity contribution is 6.31. The molecule has 0 aliphatic rings. The van der Waals surface area contributed by atoms with Gasteiger partial charge in [-0.3, -0.25) is 4.79 Å². The molecule has 1 heterocycles. The Bertz CT molecular complexity index is 986. The summed E-state index contributed by atoms with van der Waals surface area (Å²) in [4.78, 5) is 24.2. The van der Waals surface area contributed by atoms with Gasteiger partial charge in [-0.25, -0.2) is 9.48 Å². The van der Waals surface area contributed by atoms with E-state index in [9.17, 15) is 14.7 Å². The second-order valence-corrected chi connectivity index (χ2v) is 6.14. The van der Waals surface area contributed by atoms with E-state index in [4.69, 9.17) is 16.3 Å². The molecule has 0 fully saturated rings. The number of anilines is 1. The first-order valence-electron chi connectivity index (χ1n) is 8.01. The van der Waals surface area contributed by atoms with Crippen molar-refractivity contribution in [1.29, 1.82) is 0 Å². The number of carbonyl (C=O) groups is 2. The van der Waals surface area contributed by atoms with Crippen LogP contribution in [0.1, 0.15) is 16.1 Å². The Labute approximate surface area is 160 Å². The number of para-hydroxylation sites is 1. The SMILES string of the molecule is Cc1cc(NC(=O)COC(=O)c2cc(Cl)ccc2O)n(-c2ccccc2)n1. The Morgan fingerprint density at radius 1 is 1.19 bits per heavy atom. The Morgan fingerprint density at radius 2 is 1.93 bits per heavy atom. The predicted molar refractivity (Wildman–Crippen MR) is 100 cm³/mol. The number of amides is 1. The number of phenolic OH excluding ortho intramolecular Hbond substituents is 1. The van der Waals surface area contributed by atoms with Crippen LogP contribution in [0.3, 0.4) is 0 Å². The molecule has 0 aliphatic heterocycles. The van der Waals surface area contributed by atoms with Crippen LogP contribution in [-0.2, 0) is 9.53 Å². The van der Waals surface area contributed by atoms with Crippen LogP contribution >= 0.6 is 11.6 Å². The Hall–Kier alpha value is -3.32. The summed E-state index contributed by atoms with van der Waals surface area (Å²) in [6.07, 6.45) is 0. The molecule has 0 radical (unpaired) electrons. The Morgan fingerprint density at radius 3 is 2.67 bits per heavy atom. The number of hydrogen-bond donors (Lipinski definition) is 2. The lowest BCUT2D eigenvalue weighted by Gasteiger charge is -2.10. The van der Waals surface area contributed by atoms with Crippen LogP contribution in [0.4, 0.5) is 5.82 Å². The van der Waals surface area contributed by atoms with Crippen LogP contribution in [0.15, 0.2) is 54.6 Å². The quantitative estimate of drug-likeness (QED) is 0.657. The third-order valence-corrected chi connectivity index (χ3v) is 3.85. The molecular weight excluding hydrogens is 370 g/mol. The summed E-state index contributed by atoms with van der Waals surface area (Å²) >= 11 is 5.80. The molecule has 27 heavy (non-hydrogen) atoms. The van der Waals surface area contributed by atoms with Gasteiger partial charge in [-0.1, -0.05) is 29.8 Å². The number of phenols is 1. The zero-order chi connectivity index (χ0) is 19.4. The maximum atomic E-state index is 12.2. The maximum Gasteiger partial charge on any atom is 0.342 e. The van der Waals surface area contributed by atoms with Crippen molar-refractivity contribution in [2.24, 2.45) is 0 Å². The molecule has 0 unspecified atom stereocenters. The van der Waals surface area contributed by atoms with E-state index >= 15 is 0 Å². The van der Waals surface area contributed by atoms with E-state index in [1.54, 1.807) is 17.7 Å². The highest BCUT2D eigenvalue weighted by Crippen LogP contribution is 2.22. The lowest BCUT2D eigenvalue weighted by molar-refractivity contribution is -0.119. The van der Waals surface area contributed by atoms with Gasteiger partial charge in [0.2, 0.25) is 0 Å². The lowest BCUT2D eigenvalue weighted by Crippen LogP contribution is -2.22. The molecule has 8 heteroatoms. The summed E-state index contributed by atoms with van der Waals surface area (Å²) in [6, 6.07) is 15.0. The van der Waals surface area contributed by atoms with Crippen LogP contribution < -0.4 is 5.32 Å². The van der Waals surface area contributed by atoms with E-state index in [0.29, 0.717) is 5.82 Å². The van der Waals surface area contributed by atoms with Gasteiger partial charge >= 0.3 is 5.97 Å². The van der Waals surface area contributed by atoms with Gasteiger partial charge in [-0.05, 0) is 37.3 Å². The van der Waals surface area contributed by atoms with E-state index in [0.717, 1.165) is 11.4 Å². The van der Waals surface area contributed by atoms with Crippen molar-refractivity contribution in [3.05, 3.63) is 70.9 Å². The standard InChI is InChI=1S/C19H16ClN3O4/c1-12-9-17(23(22-12)14-5-3-2-4-6-14)21-18(25)11-27-19(26)15-10-13(20)7-8-16(15)24/h2-10,24H,11H2,1H3,(H,21,25). The van der Waals surface area contributed by atoms with Crippen molar-refractivity contribution in [3.8, 4) is 11.4 Å². The van der Waals surface area contributed by atoms with Gasteiger partial charge in [-0.15, -0.1) is 0 Å². The van der Waals surface area contributed by atoms with E-state index in [1.807, 2.05) is 30.3 Å². The van der Waals surface area contributed by atoms with Crippen LogP contribution in [0.2, 0.25) is 5.02 Å². The number of halogens is 1. The Kier molecular flexibility index (Phi) is 5.42. The van der Waals surface area contributed by atoms with Gasteiger partial charge in [0.05, 0.1) is 11.4 Å². The molecule has 1 amide bonds. The summed E-state index contributed by atoms with van der Waals surface area (Å²) in [5, 5.41) is 17.0. The van der Waals surface area contributed by atoms with Crippen molar-refractivity contribution in [3.63, 3.8) is 0 Å². The molecule has 3 rings (SSSR count). The van der Waals surface area contributed by atoms with E-state index in [2.05, 4.69) is 10.4 Å². The minimum Gasteiger partial charge on any atom is -0.507 e.